The molecule has 2 nitrogen and oxygen atoms in total. The molecule has 0 aliphatic heterocycles. The fraction of sp³-hybridized carbons (Fsp3) is 0.700. The summed E-state index contributed by atoms with van der Waals surface area (Å²) in [4.78, 5) is 4.24. The summed E-state index contributed by atoms with van der Waals surface area (Å²) in [5, 5.41) is 12.4. The van der Waals surface area contributed by atoms with Crippen LogP contribution in [0.15, 0.2) is 11.6 Å². The van der Waals surface area contributed by atoms with Crippen molar-refractivity contribution >= 4 is 11.3 Å². The molecule has 0 saturated carbocycles. The molecule has 1 N–H and O–H groups in total. The number of rotatable bonds is 4. The van der Waals surface area contributed by atoms with Crippen LogP contribution in [0.2, 0.25) is 0 Å². The summed E-state index contributed by atoms with van der Waals surface area (Å²) >= 11 is 1.66. The molecule has 0 radical (unpaired) electrons. The van der Waals surface area contributed by atoms with Crippen molar-refractivity contribution in [1.29, 1.82) is 0 Å². The van der Waals surface area contributed by atoms with Crippen LogP contribution < -0.4 is 0 Å². The van der Waals surface area contributed by atoms with Gasteiger partial charge in [-0.05, 0) is 11.3 Å². The van der Waals surface area contributed by atoms with Crippen LogP contribution in [0, 0.1) is 11.3 Å². The number of nitrogens with zero attached hydrogens (tertiary/aromatic N) is 1. The molecule has 1 unspecified atom stereocenters. The first-order valence-electron chi connectivity index (χ1n) is 4.58. The molecule has 1 heterocycles. The Bertz CT molecular complexity index is 245. The molecular weight excluding hydrogens is 182 g/mol. The smallest absolute Gasteiger partial charge is 0.0931 e. The third-order valence-electron chi connectivity index (χ3n) is 2.79. The summed E-state index contributed by atoms with van der Waals surface area (Å²) < 4.78 is 0. The van der Waals surface area contributed by atoms with Gasteiger partial charge in [0.15, 0.2) is 0 Å². The molecule has 1 aromatic heterocycles. The molecule has 13 heavy (non-hydrogen) atoms. The molecule has 0 aliphatic carbocycles. The van der Waals surface area contributed by atoms with Crippen LogP contribution >= 0.6 is 11.3 Å². The van der Waals surface area contributed by atoms with Crippen LogP contribution in [0.3, 0.4) is 0 Å². The molecule has 0 bridgehead atoms. The zero-order valence-corrected chi connectivity index (χ0v) is 9.27. The monoisotopic (exact) mass is 199 g/mol. The van der Waals surface area contributed by atoms with Gasteiger partial charge in [0.25, 0.3) is 0 Å². The molecular formula is C10H17NOS. The van der Waals surface area contributed by atoms with Gasteiger partial charge in [-0.1, -0.05) is 20.8 Å². The first-order chi connectivity index (χ1) is 6.08. The van der Waals surface area contributed by atoms with Crippen molar-refractivity contribution in [2.45, 2.75) is 27.2 Å². The highest BCUT2D eigenvalue weighted by Crippen LogP contribution is 2.31. The average molecular weight is 199 g/mol. The van der Waals surface area contributed by atoms with Crippen molar-refractivity contribution in [3.8, 4) is 0 Å². The third kappa shape index (κ3) is 2.51. The maximum atomic E-state index is 9.33. The Labute approximate surface area is 83.6 Å². The Hall–Kier alpha value is -0.410. The van der Waals surface area contributed by atoms with Gasteiger partial charge >= 0.3 is 0 Å². The molecule has 0 aromatic carbocycles. The first kappa shape index (κ1) is 10.7. The van der Waals surface area contributed by atoms with Crippen LogP contribution in [-0.4, -0.2) is 16.7 Å². The molecule has 3 heteroatoms. The predicted octanol–water partition coefficient (Wildman–Crippen LogP) is 2.34. The fourth-order valence-corrected chi connectivity index (χ4v) is 1.94. The number of aromatic nitrogens is 1. The van der Waals surface area contributed by atoms with E-state index in [0.29, 0.717) is 5.92 Å². The number of thiazole rings is 1. The van der Waals surface area contributed by atoms with Crippen molar-refractivity contribution in [2.24, 2.45) is 11.3 Å². The number of hydrogen-bond donors (Lipinski definition) is 1. The molecule has 1 atom stereocenters. The van der Waals surface area contributed by atoms with Gasteiger partial charge in [0.2, 0.25) is 0 Å². The summed E-state index contributed by atoms with van der Waals surface area (Å²) in [6.07, 6.45) is 2.69. The SMILES string of the molecule is CC(C)C(C)(CO)Cc1nccs1. The first-order valence-corrected chi connectivity index (χ1v) is 5.45. The highest BCUT2D eigenvalue weighted by Gasteiger charge is 2.28. The minimum atomic E-state index is -0.0299. The Kier molecular flexibility index (Phi) is 3.45. The summed E-state index contributed by atoms with van der Waals surface area (Å²) in [6.45, 7) is 6.62. The lowest BCUT2D eigenvalue weighted by Crippen LogP contribution is -2.30. The second-order valence-electron chi connectivity index (χ2n) is 4.07. The van der Waals surface area contributed by atoms with Crippen LogP contribution in [0.5, 0.6) is 0 Å². The van der Waals surface area contributed by atoms with Gasteiger partial charge in [0, 0.05) is 24.6 Å². The number of aliphatic hydroxyl groups excluding tert-OH is 1. The molecule has 1 aromatic rings. The van der Waals surface area contributed by atoms with E-state index in [1.807, 2.05) is 11.6 Å². The topological polar surface area (TPSA) is 33.1 Å². The molecule has 0 aliphatic rings. The third-order valence-corrected chi connectivity index (χ3v) is 3.57. The normalized spacial score (nSPS) is 16.1. The molecule has 74 valence electrons. The molecule has 0 fully saturated rings. The lowest BCUT2D eigenvalue weighted by atomic mass is 9.77. The molecule has 1 rings (SSSR count). The Balaban J connectivity index is 2.69. The quantitative estimate of drug-likeness (QED) is 0.807. The van der Waals surface area contributed by atoms with Crippen LogP contribution in [-0.2, 0) is 6.42 Å². The zero-order valence-electron chi connectivity index (χ0n) is 8.45. The fourth-order valence-electron chi connectivity index (χ4n) is 1.13. The van der Waals surface area contributed by atoms with E-state index >= 15 is 0 Å². The van der Waals surface area contributed by atoms with Crippen LogP contribution in [0.4, 0.5) is 0 Å². The second-order valence-corrected chi connectivity index (χ2v) is 5.05. The maximum Gasteiger partial charge on any atom is 0.0931 e. The largest absolute Gasteiger partial charge is 0.396 e. The Morgan fingerprint density at radius 3 is 2.69 bits per heavy atom. The Morgan fingerprint density at radius 1 is 1.62 bits per heavy atom. The number of aliphatic hydroxyl groups is 1. The van der Waals surface area contributed by atoms with Gasteiger partial charge in [0.05, 0.1) is 5.01 Å². The average Bonchev–Trinajstić information content (AvgIpc) is 2.56. The summed E-state index contributed by atoms with van der Waals surface area (Å²) in [7, 11) is 0. The standard InChI is InChI=1S/C10H17NOS/c1-8(2)10(3,7-12)6-9-11-4-5-13-9/h4-5,8,12H,6-7H2,1-3H3. The van der Waals surface area contributed by atoms with Gasteiger partial charge in [-0.2, -0.15) is 0 Å². The molecule has 0 saturated heterocycles. The van der Waals surface area contributed by atoms with Crippen LogP contribution in [0.25, 0.3) is 0 Å². The van der Waals surface area contributed by atoms with Crippen molar-refractivity contribution in [1.82, 2.24) is 4.98 Å². The summed E-state index contributed by atoms with van der Waals surface area (Å²) in [6, 6.07) is 0. The minimum absolute atomic E-state index is 0.0299. The van der Waals surface area contributed by atoms with Gasteiger partial charge in [-0.25, -0.2) is 4.98 Å². The molecule has 0 amide bonds. The minimum Gasteiger partial charge on any atom is -0.396 e. The van der Waals surface area contributed by atoms with E-state index in [0.717, 1.165) is 11.4 Å². The van der Waals surface area contributed by atoms with E-state index in [9.17, 15) is 5.11 Å². The zero-order chi connectivity index (χ0) is 9.90. The van der Waals surface area contributed by atoms with Gasteiger partial charge in [-0.15, -0.1) is 11.3 Å². The molecule has 0 spiro atoms. The van der Waals surface area contributed by atoms with E-state index in [1.54, 1.807) is 11.3 Å². The van der Waals surface area contributed by atoms with Crippen molar-refractivity contribution in [3.63, 3.8) is 0 Å². The van der Waals surface area contributed by atoms with E-state index in [1.165, 1.54) is 0 Å². The van der Waals surface area contributed by atoms with E-state index in [2.05, 4.69) is 25.8 Å². The summed E-state index contributed by atoms with van der Waals surface area (Å²) in [5.74, 6) is 0.474. The highest BCUT2D eigenvalue weighted by molar-refractivity contribution is 7.09. The highest BCUT2D eigenvalue weighted by atomic mass is 32.1. The lowest BCUT2D eigenvalue weighted by molar-refractivity contribution is 0.0947. The van der Waals surface area contributed by atoms with Gasteiger partial charge < -0.3 is 5.11 Å². The van der Waals surface area contributed by atoms with Gasteiger partial charge in [-0.3, -0.25) is 0 Å². The van der Waals surface area contributed by atoms with Crippen molar-refractivity contribution in [3.05, 3.63) is 16.6 Å². The maximum absolute atomic E-state index is 9.33. The van der Waals surface area contributed by atoms with E-state index in [-0.39, 0.29) is 12.0 Å². The predicted molar refractivity (Wildman–Crippen MR) is 55.8 cm³/mol. The van der Waals surface area contributed by atoms with Crippen molar-refractivity contribution < 1.29 is 5.11 Å². The van der Waals surface area contributed by atoms with E-state index in [4.69, 9.17) is 0 Å². The Morgan fingerprint density at radius 2 is 2.31 bits per heavy atom. The van der Waals surface area contributed by atoms with Gasteiger partial charge in [0.1, 0.15) is 0 Å². The second kappa shape index (κ2) is 4.20. The van der Waals surface area contributed by atoms with Crippen LogP contribution in [0.1, 0.15) is 25.8 Å². The number of hydrogen-bond acceptors (Lipinski definition) is 3. The lowest BCUT2D eigenvalue weighted by Gasteiger charge is -2.30. The van der Waals surface area contributed by atoms with E-state index < -0.39 is 0 Å². The van der Waals surface area contributed by atoms with Crippen molar-refractivity contribution in [2.75, 3.05) is 6.61 Å². The summed E-state index contributed by atoms with van der Waals surface area (Å²) in [5.41, 5.74) is -0.0299.